The smallest absolute Gasteiger partial charge is 0.243 e. The first-order chi connectivity index (χ1) is 8.39. The first-order valence-electron chi connectivity index (χ1n) is 5.61. The number of hydrogen-bond donors (Lipinski definition) is 1. The first-order valence-corrected chi connectivity index (χ1v) is 7.43. The standard InChI is InChI=1S/C11H14ClFN2O2S/c12-8-5-9(13)7-11(6-8)18(16,17)15-3-1-10(14)2-4-15/h5-7,10H,1-4,14H2. The second kappa shape index (κ2) is 5.13. The van der Waals surface area contributed by atoms with Gasteiger partial charge in [0.05, 0.1) is 4.90 Å². The Hall–Kier alpha value is -0.690. The number of benzene rings is 1. The van der Waals surface area contributed by atoms with Crippen molar-refractivity contribution in [1.29, 1.82) is 0 Å². The molecule has 1 aromatic carbocycles. The van der Waals surface area contributed by atoms with Crippen molar-refractivity contribution in [2.45, 2.75) is 23.8 Å². The van der Waals surface area contributed by atoms with Crippen LogP contribution in [0, 0.1) is 5.82 Å². The van der Waals surface area contributed by atoms with E-state index in [2.05, 4.69) is 0 Å². The Morgan fingerprint density at radius 1 is 1.28 bits per heavy atom. The number of nitrogens with zero attached hydrogens (tertiary/aromatic N) is 1. The van der Waals surface area contributed by atoms with Crippen LogP contribution in [0.15, 0.2) is 23.1 Å². The Labute approximate surface area is 111 Å². The van der Waals surface area contributed by atoms with E-state index in [4.69, 9.17) is 17.3 Å². The van der Waals surface area contributed by atoms with Gasteiger partial charge in [-0.25, -0.2) is 12.8 Å². The van der Waals surface area contributed by atoms with Crippen LogP contribution in [0.2, 0.25) is 5.02 Å². The molecule has 0 unspecified atom stereocenters. The van der Waals surface area contributed by atoms with E-state index in [0.29, 0.717) is 25.9 Å². The van der Waals surface area contributed by atoms with Crippen LogP contribution < -0.4 is 5.73 Å². The lowest BCUT2D eigenvalue weighted by Gasteiger charge is -2.29. The van der Waals surface area contributed by atoms with Gasteiger partial charge >= 0.3 is 0 Å². The fourth-order valence-corrected chi connectivity index (χ4v) is 3.76. The zero-order valence-electron chi connectivity index (χ0n) is 9.64. The molecule has 1 aliphatic rings. The van der Waals surface area contributed by atoms with Crippen molar-refractivity contribution in [3.8, 4) is 0 Å². The van der Waals surface area contributed by atoms with Gasteiger partial charge in [-0.3, -0.25) is 0 Å². The van der Waals surface area contributed by atoms with Gasteiger partial charge in [0, 0.05) is 24.2 Å². The summed E-state index contributed by atoms with van der Waals surface area (Å²) >= 11 is 5.68. The van der Waals surface area contributed by atoms with Crippen LogP contribution in [0.25, 0.3) is 0 Å². The summed E-state index contributed by atoms with van der Waals surface area (Å²) in [6, 6.07) is 3.35. The summed E-state index contributed by atoms with van der Waals surface area (Å²) < 4.78 is 39.0. The third-order valence-corrected chi connectivity index (χ3v) is 5.07. The topological polar surface area (TPSA) is 63.4 Å². The predicted molar refractivity (Wildman–Crippen MR) is 67.4 cm³/mol. The van der Waals surface area contributed by atoms with E-state index in [1.54, 1.807) is 0 Å². The second-order valence-corrected chi connectivity index (χ2v) is 6.72. The Morgan fingerprint density at radius 2 is 1.89 bits per heavy atom. The zero-order chi connectivity index (χ0) is 13.3. The van der Waals surface area contributed by atoms with Gasteiger partial charge in [-0.05, 0) is 31.0 Å². The minimum absolute atomic E-state index is 0.0348. The molecule has 2 rings (SSSR count). The van der Waals surface area contributed by atoms with Gasteiger partial charge in [-0.1, -0.05) is 11.6 Å². The van der Waals surface area contributed by atoms with Gasteiger partial charge in [-0.15, -0.1) is 0 Å². The molecule has 0 radical (unpaired) electrons. The fraction of sp³-hybridized carbons (Fsp3) is 0.455. The molecule has 0 saturated carbocycles. The van der Waals surface area contributed by atoms with E-state index < -0.39 is 15.8 Å². The Kier molecular flexibility index (Phi) is 3.91. The van der Waals surface area contributed by atoms with E-state index in [-0.39, 0.29) is 16.0 Å². The highest BCUT2D eigenvalue weighted by molar-refractivity contribution is 7.89. The van der Waals surface area contributed by atoms with Crippen molar-refractivity contribution in [2.75, 3.05) is 13.1 Å². The van der Waals surface area contributed by atoms with Gasteiger partial charge in [0.1, 0.15) is 5.82 Å². The summed E-state index contributed by atoms with van der Waals surface area (Å²) in [5.41, 5.74) is 5.72. The average molecular weight is 293 g/mol. The van der Waals surface area contributed by atoms with Crippen molar-refractivity contribution in [1.82, 2.24) is 4.31 Å². The number of halogens is 2. The summed E-state index contributed by atoms with van der Waals surface area (Å²) in [6.07, 6.45) is 1.23. The molecule has 1 aromatic rings. The quantitative estimate of drug-likeness (QED) is 0.900. The van der Waals surface area contributed by atoms with Gasteiger partial charge in [-0.2, -0.15) is 4.31 Å². The number of rotatable bonds is 2. The van der Waals surface area contributed by atoms with Crippen LogP contribution >= 0.6 is 11.6 Å². The van der Waals surface area contributed by atoms with Crippen LogP contribution in [-0.4, -0.2) is 31.9 Å². The molecule has 1 saturated heterocycles. The van der Waals surface area contributed by atoms with E-state index >= 15 is 0 Å². The lowest BCUT2D eigenvalue weighted by atomic mass is 10.1. The van der Waals surface area contributed by atoms with E-state index in [9.17, 15) is 12.8 Å². The van der Waals surface area contributed by atoms with Gasteiger partial charge in [0.25, 0.3) is 0 Å². The highest BCUT2D eigenvalue weighted by Gasteiger charge is 2.28. The maximum Gasteiger partial charge on any atom is 0.243 e. The maximum absolute atomic E-state index is 13.2. The van der Waals surface area contributed by atoms with Crippen molar-refractivity contribution >= 4 is 21.6 Å². The average Bonchev–Trinajstić information content (AvgIpc) is 2.28. The largest absolute Gasteiger partial charge is 0.328 e. The molecular weight excluding hydrogens is 279 g/mol. The van der Waals surface area contributed by atoms with E-state index in [1.807, 2.05) is 0 Å². The Morgan fingerprint density at radius 3 is 2.44 bits per heavy atom. The third kappa shape index (κ3) is 2.83. The normalized spacial score (nSPS) is 19.1. The second-order valence-electron chi connectivity index (χ2n) is 4.35. The lowest BCUT2D eigenvalue weighted by Crippen LogP contribution is -2.42. The molecule has 1 fully saturated rings. The number of nitrogens with two attached hydrogens (primary N) is 1. The molecular formula is C11H14ClFN2O2S. The molecule has 0 aromatic heterocycles. The summed E-state index contributed by atoms with van der Waals surface area (Å²) in [6.45, 7) is 0.718. The van der Waals surface area contributed by atoms with Crippen molar-refractivity contribution in [3.05, 3.63) is 29.0 Å². The van der Waals surface area contributed by atoms with Crippen LogP contribution in [0.3, 0.4) is 0 Å². The number of sulfonamides is 1. The van der Waals surface area contributed by atoms with Crippen LogP contribution in [0.4, 0.5) is 4.39 Å². The molecule has 100 valence electrons. The highest BCUT2D eigenvalue weighted by atomic mass is 35.5. The SMILES string of the molecule is NC1CCN(S(=O)(=O)c2cc(F)cc(Cl)c2)CC1. The van der Waals surface area contributed by atoms with Crippen molar-refractivity contribution in [2.24, 2.45) is 5.73 Å². The molecule has 4 nitrogen and oxygen atoms in total. The van der Waals surface area contributed by atoms with Crippen LogP contribution in [0.1, 0.15) is 12.8 Å². The highest BCUT2D eigenvalue weighted by Crippen LogP contribution is 2.23. The maximum atomic E-state index is 13.2. The first kappa shape index (κ1) is 13.7. The molecule has 7 heteroatoms. The predicted octanol–water partition coefficient (Wildman–Crippen LogP) is 1.59. The van der Waals surface area contributed by atoms with Crippen LogP contribution in [-0.2, 0) is 10.0 Å². The Bertz CT molecular complexity index is 522. The minimum atomic E-state index is -3.68. The lowest BCUT2D eigenvalue weighted by molar-refractivity contribution is 0.320. The summed E-state index contributed by atoms with van der Waals surface area (Å²) in [5.74, 6) is -0.658. The molecule has 0 aliphatic carbocycles. The van der Waals surface area contributed by atoms with Crippen molar-refractivity contribution < 1.29 is 12.8 Å². The Balaban J connectivity index is 2.30. The van der Waals surface area contributed by atoms with Crippen LogP contribution in [0.5, 0.6) is 0 Å². The van der Waals surface area contributed by atoms with Crippen molar-refractivity contribution in [3.63, 3.8) is 0 Å². The third-order valence-electron chi connectivity index (χ3n) is 2.97. The molecule has 0 amide bonds. The van der Waals surface area contributed by atoms with E-state index in [0.717, 1.165) is 12.1 Å². The van der Waals surface area contributed by atoms with Gasteiger partial charge in [0.2, 0.25) is 10.0 Å². The fourth-order valence-electron chi connectivity index (χ4n) is 1.94. The summed E-state index contributed by atoms with van der Waals surface area (Å²) in [5, 5.41) is 0.0716. The molecule has 1 aliphatic heterocycles. The molecule has 18 heavy (non-hydrogen) atoms. The molecule has 0 bridgehead atoms. The van der Waals surface area contributed by atoms with Gasteiger partial charge < -0.3 is 5.73 Å². The number of hydrogen-bond acceptors (Lipinski definition) is 3. The number of piperidine rings is 1. The summed E-state index contributed by atoms with van der Waals surface area (Å²) in [4.78, 5) is -0.108. The molecule has 0 atom stereocenters. The van der Waals surface area contributed by atoms with Gasteiger partial charge in [0.15, 0.2) is 0 Å². The zero-order valence-corrected chi connectivity index (χ0v) is 11.2. The molecule has 0 spiro atoms. The minimum Gasteiger partial charge on any atom is -0.328 e. The van der Waals surface area contributed by atoms with E-state index in [1.165, 1.54) is 10.4 Å². The molecule has 1 heterocycles. The monoisotopic (exact) mass is 292 g/mol. The molecule has 2 N–H and O–H groups in total. The summed E-state index contributed by atoms with van der Waals surface area (Å²) in [7, 11) is -3.68.